The van der Waals surface area contributed by atoms with Gasteiger partial charge >= 0.3 is 4.87 Å². The molecule has 3 aliphatic rings. The highest BCUT2D eigenvalue weighted by Gasteiger charge is 2.55. The highest BCUT2D eigenvalue weighted by molar-refractivity contribution is 8.00. The molecule has 3 heterocycles. The molecule has 1 N–H and O–H groups in total. The second kappa shape index (κ2) is 7.64. The number of para-hydroxylation sites is 1. The Labute approximate surface area is 188 Å². The van der Waals surface area contributed by atoms with Crippen molar-refractivity contribution in [1.29, 1.82) is 0 Å². The van der Waals surface area contributed by atoms with E-state index < -0.39 is 0 Å². The third-order valence-corrected chi connectivity index (χ3v) is 9.92. The molecule has 0 saturated heterocycles. The first-order valence-electron chi connectivity index (χ1n) is 10.8. The Kier molecular flexibility index (Phi) is 4.76. The molecule has 2 aliphatic carbocycles. The summed E-state index contributed by atoms with van der Waals surface area (Å²) >= 11 is 3.18. The van der Waals surface area contributed by atoms with E-state index in [1.165, 1.54) is 36.2 Å². The molecule has 0 spiro atoms. The number of pyridine rings is 1. The maximum Gasteiger partial charge on any atom is 0.308 e. The molecule has 1 aromatic carbocycles. The highest BCUT2D eigenvalue weighted by atomic mass is 32.2. The molecule has 5 nitrogen and oxygen atoms in total. The number of nitrogens with one attached hydrogen (secondary N) is 1. The van der Waals surface area contributed by atoms with Gasteiger partial charge in [0.25, 0.3) is 0 Å². The number of fused-ring (bicyclic) bond motifs is 6. The number of aromatic nitrogens is 2. The fraction of sp³-hybridized carbons (Fsp3) is 0.375. The first kappa shape index (κ1) is 19.3. The van der Waals surface area contributed by atoms with Gasteiger partial charge in [0.1, 0.15) is 6.54 Å². The Hall–Kier alpha value is -2.38. The summed E-state index contributed by atoms with van der Waals surface area (Å²) in [7, 11) is 0. The van der Waals surface area contributed by atoms with E-state index in [2.05, 4.69) is 16.4 Å². The van der Waals surface area contributed by atoms with Crippen molar-refractivity contribution in [3.05, 3.63) is 75.0 Å². The van der Waals surface area contributed by atoms with Crippen molar-refractivity contribution in [1.82, 2.24) is 9.55 Å². The monoisotopic (exact) mass is 449 g/mol. The lowest BCUT2D eigenvalue weighted by Crippen LogP contribution is -2.34. The van der Waals surface area contributed by atoms with Gasteiger partial charge in [-0.15, -0.1) is 11.8 Å². The number of carbonyl (C=O) groups is 1. The van der Waals surface area contributed by atoms with Crippen LogP contribution in [0.4, 0.5) is 5.69 Å². The number of rotatable bonds is 4. The number of carbonyl (C=O) groups excluding carboxylic acids is 1. The summed E-state index contributed by atoms with van der Waals surface area (Å²) in [6.07, 6.45) is 7.66. The van der Waals surface area contributed by atoms with E-state index >= 15 is 0 Å². The van der Waals surface area contributed by atoms with Crippen molar-refractivity contribution >= 4 is 34.7 Å². The van der Waals surface area contributed by atoms with E-state index in [4.69, 9.17) is 0 Å². The molecule has 5 atom stereocenters. The van der Waals surface area contributed by atoms with Crippen molar-refractivity contribution in [3.8, 4) is 0 Å². The van der Waals surface area contributed by atoms with Gasteiger partial charge in [0.15, 0.2) is 0 Å². The van der Waals surface area contributed by atoms with E-state index in [0.717, 1.165) is 21.5 Å². The average molecular weight is 450 g/mol. The molecule has 1 amide bonds. The summed E-state index contributed by atoms with van der Waals surface area (Å²) in [5.41, 5.74) is 1.95. The van der Waals surface area contributed by atoms with Crippen molar-refractivity contribution in [2.75, 3.05) is 5.32 Å². The number of amides is 1. The number of nitrogens with zero attached hydrogens (tertiary/aromatic N) is 2. The van der Waals surface area contributed by atoms with Gasteiger partial charge < -0.3 is 5.32 Å². The van der Waals surface area contributed by atoms with Crippen LogP contribution in [-0.4, -0.2) is 20.7 Å². The Morgan fingerprint density at radius 2 is 1.97 bits per heavy atom. The lowest BCUT2D eigenvalue weighted by Gasteiger charge is -2.40. The maximum atomic E-state index is 13.0. The SMILES string of the molecule is O=C(Cn1c2c(sc1=O)[C@@H](c1cccnc1)[C@@H]1[C@H]3CC[C@@H](C3)[C@H]1S2)Nc1ccccc1. The van der Waals surface area contributed by atoms with Crippen LogP contribution in [0.3, 0.4) is 0 Å². The molecular formula is C24H23N3O2S2. The number of thiazole rings is 1. The molecule has 7 heteroatoms. The van der Waals surface area contributed by atoms with Gasteiger partial charge in [0, 0.05) is 34.1 Å². The Balaban J connectivity index is 1.38. The molecular weight excluding hydrogens is 426 g/mol. The van der Waals surface area contributed by atoms with Crippen LogP contribution in [0.15, 0.2) is 64.7 Å². The van der Waals surface area contributed by atoms with Gasteiger partial charge in [0.2, 0.25) is 5.91 Å². The van der Waals surface area contributed by atoms with Crippen molar-refractivity contribution in [2.45, 2.75) is 42.0 Å². The minimum absolute atomic E-state index is 0.0399. The average Bonchev–Trinajstić information content (AvgIpc) is 3.48. The lowest BCUT2D eigenvalue weighted by molar-refractivity contribution is -0.116. The van der Waals surface area contributed by atoms with Crippen LogP contribution in [0.25, 0.3) is 0 Å². The molecule has 2 bridgehead atoms. The molecule has 2 fully saturated rings. The smallest absolute Gasteiger partial charge is 0.308 e. The number of hydrogen-bond acceptors (Lipinski definition) is 5. The second-order valence-corrected chi connectivity index (χ2v) is 11.0. The second-order valence-electron chi connectivity index (χ2n) is 8.79. The van der Waals surface area contributed by atoms with E-state index in [9.17, 15) is 9.59 Å². The van der Waals surface area contributed by atoms with Gasteiger partial charge in [0.05, 0.1) is 5.03 Å². The lowest BCUT2D eigenvalue weighted by atomic mass is 9.75. The molecule has 0 radical (unpaired) electrons. The fourth-order valence-electron chi connectivity index (χ4n) is 5.89. The minimum atomic E-state index is -0.164. The molecule has 2 saturated carbocycles. The van der Waals surface area contributed by atoms with Crippen molar-refractivity contribution < 1.29 is 4.79 Å². The van der Waals surface area contributed by atoms with Crippen LogP contribution in [0.1, 0.15) is 35.6 Å². The van der Waals surface area contributed by atoms with Gasteiger partial charge in [-0.05, 0) is 60.8 Å². The molecule has 0 unspecified atom stereocenters. The highest BCUT2D eigenvalue weighted by Crippen LogP contribution is 2.63. The zero-order valence-electron chi connectivity index (χ0n) is 16.9. The third kappa shape index (κ3) is 3.26. The van der Waals surface area contributed by atoms with Crippen LogP contribution in [0.5, 0.6) is 0 Å². The number of hydrogen-bond donors (Lipinski definition) is 1. The van der Waals surface area contributed by atoms with Crippen LogP contribution in [0, 0.1) is 17.8 Å². The summed E-state index contributed by atoms with van der Waals surface area (Å²) in [5, 5.41) is 4.44. The van der Waals surface area contributed by atoms with Crippen LogP contribution in [-0.2, 0) is 11.3 Å². The predicted octanol–water partition coefficient (Wildman–Crippen LogP) is 4.60. The van der Waals surface area contributed by atoms with E-state index in [-0.39, 0.29) is 23.2 Å². The Morgan fingerprint density at radius 3 is 2.77 bits per heavy atom. The quantitative estimate of drug-likeness (QED) is 0.633. The summed E-state index contributed by atoms with van der Waals surface area (Å²) in [4.78, 5) is 31.3. The predicted molar refractivity (Wildman–Crippen MR) is 124 cm³/mol. The Bertz CT molecular complexity index is 1170. The summed E-state index contributed by atoms with van der Waals surface area (Å²) in [6, 6.07) is 13.5. The van der Waals surface area contributed by atoms with Gasteiger partial charge in [-0.2, -0.15) is 0 Å². The molecule has 6 rings (SSSR count). The molecule has 3 aromatic rings. The molecule has 1 aliphatic heterocycles. The summed E-state index contributed by atoms with van der Waals surface area (Å²) < 4.78 is 1.70. The summed E-state index contributed by atoms with van der Waals surface area (Å²) in [6.45, 7) is 0.0534. The molecule has 31 heavy (non-hydrogen) atoms. The van der Waals surface area contributed by atoms with E-state index in [1.54, 1.807) is 4.57 Å². The summed E-state index contributed by atoms with van der Waals surface area (Å²) in [5.74, 6) is 2.05. The standard InChI is InChI=1S/C24H23N3O2S2/c28-18(26-17-6-2-1-3-7-17)13-27-23-22(31-24(27)29)20(16-5-4-10-25-12-16)19-14-8-9-15(11-14)21(19)30-23/h1-7,10,12,14-15,19-21H,8-9,11,13H2,(H,26,28)/t14-,15-,19-,20-,21+/m0/s1. The fourth-order valence-corrected chi connectivity index (χ4v) is 9.04. The number of benzene rings is 1. The van der Waals surface area contributed by atoms with E-state index in [1.807, 2.05) is 60.6 Å². The zero-order chi connectivity index (χ0) is 20.9. The van der Waals surface area contributed by atoms with Gasteiger partial charge in [-0.1, -0.05) is 35.6 Å². The van der Waals surface area contributed by atoms with Crippen LogP contribution >= 0.6 is 23.1 Å². The first-order chi connectivity index (χ1) is 15.2. The minimum Gasteiger partial charge on any atom is -0.325 e. The maximum absolute atomic E-state index is 13.0. The third-order valence-electron chi connectivity index (χ3n) is 7.09. The van der Waals surface area contributed by atoms with Gasteiger partial charge in [-0.3, -0.25) is 19.1 Å². The molecule has 158 valence electrons. The van der Waals surface area contributed by atoms with Crippen LogP contribution < -0.4 is 10.2 Å². The van der Waals surface area contributed by atoms with Crippen molar-refractivity contribution in [2.24, 2.45) is 17.8 Å². The number of anilines is 1. The normalized spacial score (nSPS) is 28.2. The first-order valence-corrected chi connectivity index (χ1v) is 12.5. The van der Waals surface area contributed by atoms with Gasteiger partial charge in [-0.25, -0.2) is 0 Å². The Morgan fingerprint density at radius 1 is 1.13 bits per heavy atom. The van der Waals surface area contributed by atoms with E-state index in [0.29, 0.717) is 17.1 Å². The zero-order valence-corrected chi connectivity index (χ0v) is 18.6. The van der Waals surface area contributed by atoms with Crippen molar-refractivity contribution in [3.63, 3.8) is 0 Å². The topological polar surface area (TPSA) is 64.0 Å². The van der Waals surface area contributed by atoms with Crippen LogP contribution in [0.2, 0.25) is 0 Å². The number of thioether (sulfide) groups is 1. The molecule has 2 aromatic heterocycles. The largest absolute Gasteiger partial charge is 0.325 e.